The van der Waals surface area contributed by atoms with E-state index in [1.807, 2.05) is 6.92 Å². The van der Waals surface area contributed by atoms with Gasteiger partial charge in [-0.25, -0.2) is 0 Å². The molecule has 2 aliphatic heterocycles. The minimum Gasteiger partial charge on any atom is -0.345 e. The molecule has 0 radical (unpaired) electrons. The minimum atomic E-state index is -0.677. The van der Waals surface area contributed by atoms with Gasteiger partial charge in [0, 0.05) is 42.2 Å². The van der Waals surface area contributed by atoms with Crippen LogP contribution in [0.3, 0.4) is 0 Å². The van der Waals surface area contributed by atoms with Crippen LogP contribution >= 0.6 is 11.8 Å². The molecule has 1 aromatic heterocycles. The summed E-state index contributed by atoms with van der Waals surface area (Å²) in [5.74, 6) is 1.38. The molecule has 2 unspecified atom stereocenters. The maximum Gasteiger partial charge on any atom is 0.239 e. The van der Waals surface area contributed by atoms with Crippen LogP contribution in [0.15, 0.2) is 53.8 Å². The number of likely N-dealkylation sites (N-methyl/N-ethyl adjacent to an activating group) is 1. The topological polar surface area (TPSA) is 82.0 Å². The van der Waals surface area contributed by atoms with Gasteiger partial charge in [0.15, 0.2) is 5.96 Å². The fourth-order valence-electron chi connectivity index (χ4n) is 4.46. The van der Waals surface area contributed by atoms with Crippen molar-refractivity contribution >= 4 is 23.6 Å². The van der Waals surface area contributed by atoms with Crippen LogP contribution in [-0.2, 0) is 4.79 Å². The number of hydrogen-bond donors (Lipinski definition) is 2. The lowest BCUT2D eigenvalue weighted by Crippen LogP contribution is -2.64. The Labute approximate surface area is 180 Å². The van der Waals surface area contributed by atoms with Crippen LogP contribution in [-0.4, -0.2) is 45.1 Å². The predicted octanol–water partition coefficient (Wildman–Crippen LogP) is 3.61. The van der Waals surface area contributed by atoms with Crippen LogP contribution in [0.1, 0.15) is 54.3 Å². The van der Waals surface area contributed by atoms with Gasteiger partial charge < -0.3 is 5.32 Å². The lowest BCUT2D eigenvalue weighted by atomic mass is 9.76. The third-order valence-electron chi connectivity index (χ3n) is 6.43. The molecule has 30 heavy (non-hydrogen) atoms. The molecule has 3 atom stereocenters. The highest BCUT2D eigenvalue weighted by atomic mass is 32.2. The van der Waals surface area contributed by atoms with Gasteiger partial charge in [-0.05, 0) is 36.8 Å². The summed E-state index contributed by atoms with van der Waals surface area (Å²) in [4.78, 5) is 24.5. The number of nitrogens with one attached hydrogen (secondary N) is 2. The van der Waals surface area contributed by atoms with Crippen LogP contribution in [0.2, 0.25) is 0 Å². The summed E-state index contributed by atoms with van der Waals surface area (Å²) in [6.07, 6.45) is 9.90. The average molecular weight is 420 g/mol. The molecule has 7 heteroatoms. The molecule has 2 N–H and O–H groups in total. The van der Waals surface area contributed by atoms with E-state index in [0.717, 1.165) is 21.9 Å². The molecule has 6 nitrogen and oxygen atoms in total. The Morgan fingerprint density at radius 3 is 2.60 bits per heavy atom. The Morgan fingerprint density at radius 2 is 1.93 bits per heavy atom. The average Bonchev–Trinajstić information content (AvgIpc) is 3.48. The largest absolute Gasteiger partial charge is 0.345 e. The van der Waals surface area contributed by atoms with E-state index >= 15 is 0 Å². The Hall–Kier alpha value is -2.67. The Bertz CT molecular complexity index is 1020. The molecule has 2 fully saturated rings. The van der Waals surface area contributed by atoms with Gasteiger partial charge in [0.05, 0.1) is 17.2 Å². The molecule has 3 aliphatic rings. The van der Waals surface area contributed by atoms with Gasteiger partial charge >= 0.3 is 0 Å². The number of carbonyl (C=O) groups excluding carboxylic acids is 1. The molecule has 1 amide bonds. The Balaban J connectivity index is 1.53. The number of hydrogen-bond acceptors (Lipinski definition) is 5. The van der Waals surface area contributed by atoms with Crippen LogP contribution < -0.4 is 5.32 Å². The fraction of sp³-hybridized carbons (Fsp3) is 0.391. The van der Waals surface area contributed by atoms with Gasteiger partial charge in [-0.1, -0.05) is 30.3 Å². The number of thioether (sulfide) groups is 1. The van der Waals surface area contributed by atoms with Crippen molar-refractivity contribution in [1.82, 2.24) is 20.2 Å². The number of allylic oxidation sites excluding steroid dienone is 1. The van der Waals surface area contributed by atoms with Crippen molar-refractivity contribution < 1.29 is 4.79 Å². The Morgan fingerprint density at radius 1 is 1.20 bits per heavy atom. The van der Waals surface area contributed by atoms with Gasteiger partial charge in [-0.15, -0.1) is 11.8 Å². The summed E-state index contributed by atoms with van der Waals surface area (Å²) >= 11 is 1.74. The summed E-state index contributed by atoms with van der Waals surface area (Å²) in [5.41, 5.74) is 2.60. The molecular formula is C23H25N5OS. The number of benzene rings is 1. The zero-order chi connectivity index (χ0) is 20.9. The highest BCUT2D eigenvalue weighted by Crippen LogP contribution is 2.48. The van der Waals surface area contributed by atoms with Crippen molar-refractivity contribution in [2.45, 2.75) is 43.1 Å². The Kier molecular flexibility index (Phi) is 4.65. The first-order chi connectivity index (χ1) is 14.5. The van der Waals surface area contributed by atoms with Crippen molar-refractivity contribution in [3.8, 4) is 0 Å². The van der Waals surface area contributed by atoms with Gasteiger partial charge in [0.2, 0.25) is 5.91 Å². The van der Waals surface area contributed by atoms with E-state index in [2.05, 4.69) is 45.6 Å². The van der Waals surface area contributed by atoms with Gasteiger partial charge in [-0.2, -0.15) is 0 Å². The quantitative estimate of drug-likeness (QED) is 0.791. The molecule has 1 saturated carbocycles. The second-order valence-electron chi connectivity index (χ2n) is 8.53. The van der Waals surface area contributed by atoms with Crippen LogP contribution in [0.4, 0.5) is 0 Å². The van der Waals surface area contributed by atoms with Gasteiger partial charge in [-0.3, -0.25) is 25.1 Å². The molecular weight excluding hydrogens is 394 g/mol. The highest BCUT2D eigenvalue weighted by molar-refractivity contribution is 8.03. The first kappa shape index (κ1) is 19.3. The molecule has 1 saturated heterocycles. The first-order valence-electron chi connectivity index (χ1n) is 10.3. The summed E-state index contributed by atoms with van der Waals surface area (Å²) < 4.78 is 0. The van der Waals surface area contributed by atoms with E-state index in [-0.39, 0.29) is 17.8 Å². The minimum absolute atomic E-state index is 0.0510. The van der Waals surface area contributed by atoms with E-state index in [9.17, 15) is 4.79 Å². The molecule has 3 heterocycles. The number of aromatic nitrogens is 2. The SMILES string of the molecule is CN1C(=N)N[C@](C)(C2=CC(c3cnccn3)CS2)C(c2ccc(C3CC3)cc2)C1=O. The van der Waals surface area contributed by atoms with E-state index < -0.39 is 11.5 Å². The summed E-state index contributed by atoms with van der Waals surface area (Å²) in [6, 6.07) is 8.52. The van der Waals surface area contributed by atoms with Crippen molar-refractivity contribution in [2.75, 3.05) is 12.8 Å². The number of rotatable bonds is 4. The van der Waals surface area contributed by atoms with Gasteiger partial charge in [0.25, 0.3) is 0 Å². The summed E-state index contributed by atoms with van der Waals surface area (Å²) in [5, 5.41) is 11.7. The van der Waals surface area contributed by atoms with Crippen LogP contribution in [0, 0.1) is 5.41 Å². The molecule has 0 spiro atoms. The molecule has 1 aromatic carbocycles. The third-order valence-corrected chi connectivity index (χ3v) is 7.83. The smallest absolute Gasteiger partial charge is 0.239 e. The predicted molar refractivity (Wildman–Crippen MR) is 119 cm³/mol. The van der Waals surface area contributed by atoms with Crippen molar-refractivity contribution in [3.63, 3.8) is 0 Å². The van der Waals surface area contributed by atoms with E-state index in [1.165, 1.54) is 23.3 Å². The maximum atomic E-state index is 13.4. The second kappa shape index (κ2) is 7.23. The molecule has 154 valence electrons. The first-order valence-corrected chi connectivity index (χ1v) is 11.3. The number of guanidine groups is 1. The van der Waals surface area contributed by atoms with E-state index in [4.69, 9.17) is 5.41 Å². The lowest BCUT2D eigenvalue weighted by Gasteiger charge is -2.46. The maximum absolute atomic E-state index is 13.4. The molecule has 0 bridgehead atoms. The van der Waals surface area contributed by atoms with Crippen molar-refractivity contribution in [3.05, 3.63) is 70.7 Å². The van der Waals surface area contributed by atoms with Crippen molar-refractivity contribution in [1.29, 1.82) is 5.41 Å². The molecule has 2 aromatic rings. The molecule has 1 aliphatic carbocycles. The van der Waals surface area contributed by atoms with Gasteiger partial charge in [0.1, 0.15) is 0 Å². The zero-order valence-corrected chi connectivity index (χ0v) is 17.9. The third kappa shape index (κ3) is 3.21. The molecule has 5 rings (SSSR count). The van der Waals surface area contributed by atoms with E-state index in [1.54, 1.807) is 37.4 Å². The monoisotopic (exact) mass is 419 g/mol. The normalized spacial score (nSPS) is 29.0. The number of nitrogens with zero attached hydrogens (tertiary/aromatic N) is 3. The highest BCUT2D eigenvalue weighted by Gasteiger charge is 2.50. The van der Waals surface area contributed by atoms with E-state index in [0.29, 0.717) is 5.92 Å². The standard InChI is InChI=1S/C23H25N5OS/c1-23(19-11-17(13-30-19)18-12-25-9-10-26-18)20(21(29)28(2)22(24)27-23)16-7-5-15(6-8-16)14-3-4-14/h5-12,14,17,20H,3-4,13H2,1-2H3,(H2,24,27)/t17?,20?,23-/m1/s1. The fourth-order valence-corrected chi connectivity index (χ4v) is 5.82. The second-order valence-corrected chi connectivity index (χ2v) is 9.59. The van der Waals surface area contributed by atoms with Crippen molar-refractivity contribution in [2.24, 2.45) is 0 Å². The van der Waals surface area contributed by atoms with Crippen LogP contribution in [0.25, 0.3) is 0 Å². The van der Waals surface area contributed by atoms with Crippen LogP contribution in [0.5, 0.6) is 0 Å². The lowest BCUT2D eigenvalue weighted by molar-refractivity contribution is -0.130. The zero-order valence-electron chi connectivity index (χ0n) is 17.1. The number of carbonyl (C=O) groups is 1. The number of amides is 1. The summed E-state index contributed by atoms with van der Waals surface area (Å²) in [7, 11) is 1.67. The summed E-state index contributed by atoms with van der Waals surface area (Å²) in [6.45, 7) is 2.05.